The Morgan fingerprint density at radius 1 is 1.13 bits per heavy atom. The van der Waals surface area contributed by atoms with E-state index < -0.39 is 5.82 Å². The van der Waals surface area contributed by atoms with Gasteiger partial charge in [0.1, 0.15) is 22.8 Å². The number of hydrogen-bond donors (Lipinski definition) is 1. The molecule has 1 amide bonds. The van der Waals surface area contributed by atoms with E-state index in [-0.39, 0.29) is 18.0 Å². The molecule has 30 heavy (non-hydrogen) atoms. The van der Waals surface area contributed by atoms with Crippen molar-refractivity contribution in [3.8, 4) is 11.5 Å². The number of halogens is 1. The monoisotopic (exact) mass is 411 g/mol. The fourth-order valence-electron chi connectivity index (χ4n) is 3.24. The van der Waals surface area contributed by atoms with Gasteiger partial charge in [0.15, 0.2) is 12.4 Å². The molecule has 0 spiro atoms. The van der Waals surface area contributed by atoms with E-state index in [1.165, 1.54) is 6.07 Å². The van der Waals surface area contributed by atoms with Gasteiger partial charge in [-0.3, -0.25) is 4.79 Å². The number of carbonyl (C=O) groups excluding carboxylic acids is 1. The molecule has 0 aliphatic carbocycles. The molecule has 1 fully saturated rings. The maximum Gasteiger partial charge on any atom is 0.262 e. The minimum absolute atomic E-state index is 0.194. The molecule has 7 nitrogen and oxygen atoms in total. The van der Waals surface area contributed by atoms with Gasteiger partial charge in [0.05, 0.1) is 20.3 Å². The van der Waals surface area contributed by atoms with Crippen LogP contribution >= 0.6 is 0 Å². The van der Waals surface area contributed by atoms with Gasteiger partial charge >= 0.3 is 0 Å². The van der Waals surface area contributed by atoms with E-state index in [4.69, 9.17) is 14.2 Å². The third kappa shape index (κ3) is 4.60. The summed E-state index contributed by atoms with van der Waals surface area (Å²) in [7, 11) is 1.57. The number of hydrogen-bond acceptors (Lipinski definition) is 6. The van der Waals surface area contributed by atoms with Crippen molar-refractivity contribution in [1.29, 1.82) is 0 Å². The molecule has 0 bridgehead atoms. The zero-order valence-electron chi connectivity index (χ0n) is 16.6. The minimum atomic E-state index is -0.492. The number of nitrogens with zero attached hydrogens (tertiary/aromatic N) is 2. The first-order valence-corrected chi connectivity index (χ1v) is 9.62. The number of fused-ring (bicyclic) bond motifs is 1. The number of nitrogens with one attached hydrogen (secondary N) is 1. The topological polar surface area (TPSA) is 72.9 Å². The van der Waals surface area contributed by atoms with Crippen LogP contribution < -0.4 is 19.7 Å². The fourth-order valence-corrected chi connectivity index (χ4v) is 3.24. The molecule has 3 aromatic rings. The van der Waals surface area contributed by atoms with Gasteiger partial charge in [-0.2, -0.15) is 0 Å². The van der Waals surface area contributed by atoms with E-state index in [0.29, 0.717) is 35.8 Å². The molecule has 1 aliphatic rings. The number of morpholine rings is 1. The van der Waals surface area contributed by atoms with Crippen molar-refractivity contribution in [2.45, 2.75) is 0 Å². The van der Waals surface area contributed by atoms with Crippen LogP contribution in [-0.4, -0.2) is 50.9 Å². The van der Waals surface area contributed by atoms with Crippen LogP contribution in [0.2, 0.25) is 0 Å². The molecule has 8 heteroatoms. The van der Waals surface area contributed by atoms with Crippen LogP contribution in [0.25, 0.3) is 10.9 Å². The Balaban J connectivity index is 1.42. The Hall–Kier alpha value is -3.39. The van der Waals surface area contributed by atoms with E-state index in [1.54, 1.807) is 43.5 Å². The highest BCUT2D eigenvalue weighted by molar-refractivity contribution is 5.94. The lowest BCUT2D eigenvalue weighted by molar-refractivity contribution is -0.118. The Bertz CT molecular complexity index is 1040. The van der Waals surface area contributed by atoms with Crippen LogP contribution in [0.1, 0.15) is 0 Å². The molecular weight excluding hydrogens is 389 g/mol. The molecule has 0 unspecified atom stereocenters. The first-order valence-electron chi connectivity index (χ1n) is 9.62. The molecular formula is C22H22FN3O4. The summed E-state index contributed by atoms with van der Waals surface area (Å²) in [5.74, 6) is 1.07. The van der Waals surface area contributed by atoms with Crippen LogP contribution in [0, 0.1) is 5.82 Å². The Morgan fingerprint density at radius 3 is 2.60 bits per heavy atom. The lowest BCUT2D eigenvalue weighted by Crippen LogP contribution is -2.36. The lowest BCUT2D eigenvalue weighted by atomic mass is 10.2. The number of methoxy groups -OCH3 is 1. The summed E-state index contributed by atoms with van der Waals surface area (Å²) in [6, 6.07) is 13.5. The van der Waals surface area contributed by atoms with Gasteiger partial charge in [0.25, 0.3) is 5.91 Å². The van der Waals surface area contributed by atoms with Gasteiger partial charge in [0, 0.05) is 24.2 Å². The van der Waals surface area contributed by atoms with Gasteiger partial charge in [-0.25, -0.2) is 9.37 Å². The predicted octanol–water partition coefficient (Wildman–Crippen LogP) is 3.24. The minimum Gasteiger partial charge on any atom is -0.497 e. The summed E-state index contributed by atoms with van der Waals surface area (Å²) >= 11 is 0. The smallest absolute Gasteiger partial charge is 0.262 e. The highest BCUT2D eigenvalue weighted by Gasteiger charge is 2.15. The number of aromatic nitrogens is 1. The van der Waals surface area contributed by atoms with Crippen molar-refractivity contribution >= 4 is 28.3 Å². The number of amides is 1. The average Bonchev–Trinajstić information content (AvgIpc) is 2.78. The number of carbonyl (C=O) groups is 1. The number of anilines is 2. The number of ether oxygens (including phenoxy) is 3. The summed E-state index contributed by atoms with van der Waals surface area (Å²) in [6.45, 7) is 2.52. The van der Waals surface area contributed by atoms with E-state index in [0.717, 1.165) is 18.9 Å². The highest BCUT2D eigenvalue weighted by atomic mass is 19.1. The first-order chi connectivity index (χ1) is 14.6. The quantitative estimate of drug-likeness (QED) is 0.672. The SMILES string of the molecule is COc1ccc(OCC(=O)Nc2cc(F)c3nc(N4CCOCC4)ccc3c2)cc1. The van der Waals surface area contributed by atoms with Gasteiger partial charge in [-0.05, 0) is 48.5 Å². The van der Waals surface area contributed by atoms with Gasteiger partial charge in [-0.15, -0.1) is 0 Å². The molecule has 1 N–H and O–H groups in total. The summed E-state index contributed by atoms with van der Waals surface area (Å²) in [6.07, 6.45) is 0. The number of pyridine rings is 1. The maximum absolute atomic E-state index is 14.7. The van der Waals surface area contributed by atoms with Crippen molar-refractivity contribution in [2.75, 3.05) is 50.2 Å². The van der Waals surface area contributed by atoms with Crippen molar-refractivity contribution < 1.29 is 23.4 Å². The summed E-state index contributed by atoms with van der Waals surface area (Å²) in [4.78, 5) is 18.7. The van der Waals surface area contributed by atoms with Crippen molar-refractivity contribution in [3.05, 3.63) is 54.3 Å². The number of rotatable bonds is 6. The Labute approximate surface area is 173 Å². The van der Waals surface area contributed by atoms with Crippen LogP contribution in [0.15, 0.2) is 48.5 Å². The van der Waals surface area contributed by atoms with E-state index in [1.807, 2.05) is 6.07 Å². The summed E-state index contributed by atoms with van der Waals surface area (Å²) in [5, 5.41) is 3.27. The molecule has 156 valence electrons. The molecule has 2 aromatic carbocycles. The molecule has 1 aliphatic heterocycles. The van der Waals surface area contributed by atoms with Crippen LogP contribution in [0.5, 0.6) is 11.5 Å². The third-order valence-electron chi connectivity index (χ3n) is 4.78. The van der Waals surface area contributed by atoms with Crippen molar-refractivity contribution in [2.24, 2.45) is 0 Å². The van der Waals surface area contributed by atoms with Crippen LogP contribution in [0.4, 0.5) is 15.9 Å². The Morgan fingerprint density at radius 2 is 1.87 bits per heavy atom. The van der Waals surface area contributed by atoms with E-state index in [9.17, 15) is 9.18 Å². The van der Waals surface area contributed by atoms with Crippen LogP contribution in [0.3, 0.4) is 0 Å². The van der Waals surface area contributed by atoms with E-state index >= 15 is 0 Å². The molecule has 0 radical (unpaired) electrons. The number of benzene rings is 2. The summed E-state index contributed by atoms with van der Waals surface area (Å²) < 4.78 is 30.5. The molecule has 0 atom stereocenters. The largest absolute Gasteiger partial charge is 0.497 e. The molecule has 0 saturated carbocycles. The second-order valence-electron chi connectivity index (χ2n) is 6.81. The van der Waals surface area contributed by atoms with Crippen LogP contribution in [-0.2, 0) is 9.53 Å². The standard InChI is InChI=1S/C22H22FN3O4/c1-28-17-3-5-18(6-4-17)30-14-21(27)24-16-12-15-2-7-20(25-22(15)19(23)13-16)26-8-10-29-11-9-26/h2-7,12-13H,8-11,14H2,1H3,(H,24,27). The summed E-state index contributed by atoms with van der Waals surface area (Å²) in [5.41, 5.74) is 0.621. The lowest BCUT2D eigenvalue weighted by Gasteiger charge is -2.28. The molecule has 4 rings (SSSR count). The van der Waals surface area contributed by atoms with Crippen molar-refractivity contribution in [3.63, 3.8) is 0 Å². The highest BCUT2D eigenvalue weighted by Crippen LogP contribution is 2.25. The van der Waals surface area contributed by atoms with Crippen molar-refractivity contribution in [1.82, 2.24) is 4.98 Å². The predicted molar refractivity (Wildman–Crippen MR) is 112 cm³/mol. The molecule has 2 heterocycles. The Kier molecular flexibility index (Phi) is 5.94. The zero-order valence-corrected chi connectivity index (χ0v) is 16.6. The maximum atomic E-state index is 14.7. The van der Waals surface area contributed by atoms with Gasteiger partial charge in [0.2, 0.25) is 0 Å². The second-order valence-corrected chi connectivity index (χ2v) is 6.81. The van der Waals surface area contributed by atoms with Gasteiger partial charge < -0.3 is 24.4 Å². The first kappa shape index (κ1) is 19.9. The molecule has 1 aromatic heterocycles. The fraction of sp³-hybridized carbons (Fsp3) is 0.273. The van der Waals surface area contributed by atoms with E-state index in [2.05, 4.69) is 15.2 Å². The normalized spacial score (nSPS) is 13.9. The second kappa shape index (κ2) is 8.96. The molecule has 1 saturated heterocycles. The van der Waals surface area contributed by atoms with Gasteiger partial charge in [-0.1, -0.05) is 0 Å². The zero-order chi connectivity index (χ0) is 20.9. The average molecular weight is 411 g/mol. The third-order valence-corrected chi connectivity index (χ3v) is 4.78.